The number of nitrogens with one attached hydrogen (secondary N) is 1. The summed E-state index contributed by atoms with van der Waals surface area (Å²) >= 11 is 0. The van der Waals surface area contributed by atoms with E-state index in [1.165, 1.54) is 31.2 Å². The van der Waals surface area contributed by atoms with E-state index in [0.29, 0.717) is 18.8 Å². The minimum absolute atomic E-state index is 0.369. The summed E-state index contributed by atoms with van der Waals surface area (Å²) in [6.07, 6.45) is 5.27. The normalized spacial score (nSPS) is 15.8. The predicted molar refractivity (Wildman–Crippen MR) is 82.5 cm³/mol. The topological polar surface area (TPSA) is 30.5 Å². The highest BCUT2D eigenvalue weighted by atomic mass is 16.5. The molecule has 1 aliphatic carbocycles. The molecular weight excluding hydrogens is 250 g/mol. The Labute approximate surface area is 122 Å². The van der Waals surface area contributed by atoms with Gasteiger partial charge in [-0.15, -0.1) is 0 Å². The van der Waals surface area contributed by atoms with Gasteiger partial charge in [-0.25, -0.2) is 0 Å². The van der Waals surface area contributed by atoms with Crippen molar-refractivity contribution in [1.82, 2.24) is 5.32 Å². The van der Waals surface area contributed by atoms with Crippen LogP contribution in [0.1, 0.15) is 52.0 Å². The number of ether oxygens (including phenoxy) is 2. The van der Waals surface area contributed by atoms with Crippen LogP contribution in [-0.4, -0.2) is 18.8 Å². The molecule has 0 heterocycles. The van der Waals surface area contributed by atoms with Crippen molar-refractivity contribution in [3.8, 4) is 11.5 Å². The van der Waals surface area contributed by atoms with Gasteiger partial charge in [0, 0.05) is 12.6 Å². The average Bonchev–Trinajstić information content (AvgIpc) is 2.92. The molecule has 0 unspecified atom stereocenters. The molecule has 0 radical (unpaired) electrons. The smallest absolute Gasteiger partial charge is 0.161 e. The van der Waals surface area contributed by atoms with Gasteiger partial charge in [0.05, 0.1) is 12.7 Å². The van der Waals surface area contributed by atoms with Crippen LogP contribution in [0.25, 0.3) is 0 Å². The SMILES string of the molecule is CCOc1cc(CNC(C)C)ccc1OC1CCCC1. The van der Waals surface area contributed by atoms with Gasteiger partial charge in [-0.2, -0.15) is 0 Å². The van der Waals surface area contributed by atoms with E-state index < -0.39 is 0 Å². The number of hydrogen-bond acceptors (Lipinski definition) is 3. The first-order valence-electron chi connectivity index (χ1n) is 7.84. The second-order valence-corrected chi connectivity index (χ2v) is 5.77. The predicted octanol–water partition coefficient (Wildman–Crippen LogP) is 3.90. The van der Waals surface area contributed by atoms with Gasteiger partial charge in [0.25, 0.3) is 0 Å². The van der Waals surface area contributed by atoms with E-state index in [0.717, 1.165) is 18.0 Å². The quantitative estimate of drug-likeness (QED) is 0.820. The van der Waals surface area contributed by atoms with E-state index in [1.807, 2.05) is 6.92 Å². The molecule has 1 aromatic carbocycles. The van der Waals surface area contributed by atoms with E-state index in [4.69, 9.17) is 9.47 Å². The maximum absolute atomic E-state index is 6.09. The zero-order valence-corrected chi connectivity index (χ0v) is 12.9. The van der Waals surface area contributed by atoms with Crippen LogP contribution in [0.4, 0.5) is 0 Å². The first-order valence-corrected chi connectivity index (χ1v) is 7.84. The van der Waals surface area contributed by atoms with Gasteiger partial charge < -0.3 is 14.8 Å². The van der Waals surface area contributed by atoms with E-state index in [9.17, 15) is 0 Å². The third kappa shape index (κ3) is 4.41. The lowest BCUT2D eigenvalue weighted by atomic mass is 10.2. The van der Waals surface area contributed by atoms with Crippen molar-refractivity contribution in [1.29, 1.82) is 0 Å². The Morgan fingerprint density at radius 1 is 1.20 bits per heavy atom. The second-order valence-electron chi connectivity index (χ2n) is 5.77. The minimum Gasteiger partial charge on any atom is -0.490 e. The van der Waals surface area contributed by atoms with Gasteiger partial charge in [0.2, 0.25) is 0 Å². The van der Waals surface area contributed by atoms with Crippen LogP contribution in [-0.2, 0) is 6.54 Å². The molecule has 2 rings (SSSR count). The van der Waals surface area contributed by atoms with Crippen molar-refractivity contribution in [3.05, 3.63) is 23.8 Å². The number of benzene rings is 1. The van der Waals surface area contributed by atoms with Crippen LogP contribution in [0, 0.1) is 0 Å². The van der Waals surface area contributed by atoms with Crippen molar-refractivity contribution in [2.75, 3.05) is 6.61 Å². The Hall–Kier alpha value is -1.22. The van der Waals surface area contributed by atoms with Gasteiger partial charge in [-0.3, -0.25) is 0 Å². The lowest BCUT2D eigenvalue weighted by Gasteiger charge is -2.18. The van der Waals surface area contributed by atoms with Crippen molar-refractivity contribution in [2.24, 2.45) is 0 Å². The van der Waals surface area contributed by atoms with Crippen LogP contribution >= 0.6 is 0 Å². The van der Waals surface area contributed by atoms with E-state index in [-0.39, 0.29) is 0 Å². The Balaban J connectivity index is 2.05. The highest BCUT2D eigenvalue weighted by molar-refractivity contribution is 5.43. The van der Waals surface area contributed by atoms with E-state index in [1.54, 1.807) is 0 Å². The molecule has 1 saturated carbocycles. The molecule has 0 bridgehead atoms. The van der Waals surface area contributed by atoms with Gasteiger partial charge in [0.15, 0.2) is 11.5 Å². The standard InChI is InChI=1S/C17H27NO2/c1-4-19-17-11-14(12-18-13(2)3)9-10-16(17)20-15-7-5-6-8-15/h9-11,13,15,18H,4-8,12H2,1-3H3. The zero-order chi connectivity index (χ0) is 14.4. The molecule has 112 valence electrons. The summed E-state index contributed by atoms with van der Waals surface area (Å²) in [6.45, 7) is 7.85. The fraction of sp³-hybridized carbons (Fsp3) is 0.647. The summed E-state index contributed by atoms with van der Waals surface area (Å²) in [6, 6.07) is 6.77. The van der Waals surface area contributed by atoms with Crippen molar-refractivity contribution < 1.29 is 9.47 Å². The van der Waals surface area contributed by atoms with Crippen LogP contribution in [0.15, 0.2) is 18.2 Å². The van der Waals surface area contributed by atoms with Crippen LogP contribution in [0.2, 0.25) is 0 Å². The maximum Gasteiger partial charge on any atom is 0.161 e. The maximum atomic E-state index is 6.09. The fourth-order valence-electron chi connectivity index (χ4n) is 2.54. The Bertz CT molecular complexity index is 411. The molecule has 0 aliphatic heterocycles. The van der Waals surface area contributed by atoms with Gasteiger partial charge in [-0.05, 0) is 50.3 Å². The second kappa shape index (κ2) is 7.53. The molecule has 0 spiro atoms. The molecule has 0 atom stereocenters. The molecule has 3 nitrogen and oxygen atoms in total. The van der Waals surface area contributed by atoms with Gasteiger partial charge in [0.1, 0.15) is 0 Å². The molecule has 0 saturated heterocycles. The summed E-state index contributed by atoms with van der Waals surface area (Å²) in [5.41, 5.74) is 1.24. The van der Waals surface area contributed by atoms with Crippen molar-refractivity contribution >= 4 is 0 Å². The molecule has 0 aromatic heterocycles. The lowest BCUT2D eigenvalue weighted by Crippen LogP contribution is -2.21. The van der Waals surface area contributed by atoms with Crippen LogP contribution in [0.3, 0.4) is 0 Å². The van der Waals surface area contributed by atoms with Gasteiger partial charge in [-0.1, -0.05) is 19.9 Å². The van der Waals surface area contributed by atoms with Crippen LogP contribution < -0.4 is 14.8 Å². The number of rotatable bonds is 7. The first kappa shape index (κ1) is 15.2. The van der Waals surface area contributed by atoms with Crippen molar-refractivity contribution in [2.45, 2.75) is 65.1 Å². The Kier molecular flexibility index (Phi) is 5.72. The first-order chi connectivity index (χ1) is 9.69. The highest BCUT2D eigenvalue weighted by Gasteiger charge is 2.18. The molecule has 1 N–H and O–H groups in total. The third-order valence-electron chi connectivity index (χ3n) is 3.62. The van der Waals surface area contributed by atoms with Crippen molar-refractivity contribution in [3.63, 3.8) is 0 Å². The Morgan fingerprint density at radius 3 is 2.60 bits per heavy atom. The third-order valence-corrected chi connectivity index (χ3v) is 3.62. The van der Waals surface area contributed by atoms with E-state index in [2.05, 4.69) is 37.4 Å². The summed E-state index contributed by atoms with van der Waals surface area (Å²) < 4.78 is 11.8. The molecule has 0 amide bonds. The minimum atomic E-state index is 0.369. The summed E-state index contributed by atoms with van der Waals surface area (Å²) in [5.74, 6) is 1.77. The number of hydrogen-bond donors (Lipinski definition) is 1. The molecular formula is C17H27NO2. The largest absolute Gasteiger partial charge is 0.490 e. The highest BCUT2D eigenvalue weighted by Crippen LogP contribution is 2.32. The summed E-state index contributed by atoms with van der Waals surface area (Å²) in [5, 5.41) is 3.43. The van der Waals surface area contributed by atoms with Crippen LogP contribution in [0.5, 0.6) is 11.5 Å². The Morgan fingerprint density at radius 2 is 1.95 bits per heavy atom. The molecule has 1 aromatic rings. The summed E-state index contributed by atoms with van der Waals surface area (Å²) in [7, 11) is 0. The molecule has 1 aliphatic rings. The lowest BCUT2D eigenvalue weighted by molar-refractivity contribution is 0.196. The summed E-state index contributed by atoms with van der Waals surface area (Å²) in [4.78, 5) is 0. The zero-order valence-electron chi connectivity index (χ0n) is 12.9. The monoisotopic (exact) mass is 277 g/mol. The fourth-order valence-corrected chi connectivity index (χ4v) is 2.54. The van der Waals surface area contributed by atoms with E-state index >= 15 is 0 Å². The molecule has 3 heteroatoms. The van der Waals surface area contributed by atoms with Gasteiger partial charge >= 0.3 is 0 Å². The molecule has 1 fully saturated rings. The molecule has 20 heavy (non-hydrogen) atoms. The average molecular weight is 277 g/mol.